The number of guanidine groups is 1. The number of ether oxygens (including phenoxy) is 1. The molecular formula is C20H21BrN4O2. The minimum Gasteiger partial charge on any atom is -0.496 e. The van der Waals surface area contributed by atoms with Gasteiger partial charge < -0.3 is 19.8 Å². The maximum Gasteiger partial charge on any atom is 0.226 e. The fourth-order valence-corrected chi connectivity index (χ4v) is 2.97. The third-order valence-electron chi connectivity index (χ3n) is 3.92. The maximum atomic E-state index is 5.56. The number of aromatic nitrogens is 1. The van der Waals surface area contributed by atoms with Crippen molar-refractivity contribution in [1.82, 2.24) is 15.6 Å². The predicted octanol–water partition coefficient (Wildman–Crippen LogP) is 3.98. The van der Waals surface area contributed by atoms with Crippen LogP contribution in [0.5, 0.6) is 5.75 Å². The van der Waals surface area contributed by atoms with Gasteiger partial charge in [0.05, 0.1) is 19.3 Å². The molecule has 0 unspecified atom stereocenters. The van der Waals surface area contributed by atoms with Crippen LogP contribution in [0.25, 0.3) is 11.5 Å². The monoisotopic (exact) mass is 428 g/mol. The first-order chi connectivity index (χ1) is 13.2. The molecule has 0 saturated heterocycles. The first kappa shape index (κ1) is 19.0. The van der Waals surface area contributed by atoms with Gasteiger partial charge in [0, 0.05) is 29.2 Å². The van der Waals surface area contributed by atoms with Crippen LogP contribution in [0.15, 0.2) is 68.7 Å². The second-order valence-corrected chi connectivity index (χ2v) is 6.66. The van der Waals surface area contributed by atoms with E-state index in [0.717, 1.165) is 27.0 Å². The van der Waals surface area contributed by atoms with E-state index in [1.165, 1.54) is 0 Å². The van der Waals surface area contributed by atoms with E-state index >= 15 is 0 Å². The van der Waals surface area contributed by atoms with Crippen molar-refractivity contribution in [3.8, 4) is 17.2 Å². The van der Waals surface area contributed by atoms with Crippen molar-refractivity contribution >= 4 is 21.9 Å². The number of hydrogen-bond donors (Lipinski definition) is 2. The van der Waals surface area contributed by atoms with E-state index in [0.29, 0.717) is 24.9 Å². The van der Waals surface area contributed by atoms with Gasteiger partial charge in [-0.25, -0.2) is 4.98 Å². The van der Waals surface area contributed by atoms with Gasteiger partial charge >= 0.3 is 0 Å². The van der Waals surface area contributed by atoms with Crippen molar-refractivity contribution in [2.45, 2.75) is 13.1 Å². The molecule has 0 aliphatic rings. The summed E-state index contributed by atoms with van der Waals surface area (Å²) < 4.78 is 12.0. The fraction of sp³-hybridized carbons (Fsp3) is 0.200. The van der Waals surface area contributed by atoms with Crippen LogP contribution in [-0.2, 0) is 13.1 Å². The second kappa shape index (κ2) is 9.23. The van der Waals surface area contributed by atoms with Gasteiger partial charge in [-0.05, 0) is 30.3 Å². The van der Waals surface area contributed by atoms with Crippen LogP contribution >= 0.6 is 15.9 Å². The van der Waals surface area contributed by atoms with E-state index < -0.39 is 0 Å². The van der Waals surface area contributed by atoms with Crippen LogP contribution in [-0.4, -0.2) is 25.1 Å². The topological polar surface area (TPSA) is 71.7 Å². The van der Waals surface area contributed by atoms with E-state index in [9.17, 15) is 0 Å². The predicted molar refractivity (Wildman–Crippen MR) is 110 cm³/mol. The number of nitrogens with zero attached hydrogens (tertiary/aromatic N) is 2. The molecule has 7 heteroatoms. The quantitative estimate of drug-likeness (QED) is 0.458. The number of halogens is 1. The van der Waals surface area contributed by atoms with E-state index in [1.807, 2.05) is 48.5 Å². The summed E-state index contributed by atoms with van der Waals surface area (Å²) in [5.74, 6) is 2.10. The lowest BCUT2D eigenvalue weighted by molar-refractivity contribution is 0.409. The highest BCUT2D eigenvalue weighted by molar-refractivity contribution is 9.10. The largest absolute Gasteiger partial charge is 0.496 e. The van der Waals surface area contributed by atoms with Crippen LogP contribution in [0.2, 0.25) is 0 Å². The number of benzene rings is 2. The molecule has 0 atom stereocenters. The molecule has 2 N–H and O–H groups in total. The number of aliphatic imine (C=N–C) groups is 1. The Morgan fingerprint density at radius 3 is 2.67 bits per heavy atom. The number of methoxy groups -OCH3 is 1. The van der Waals surface area contributed by atoms with E-state index in [4.69, 9.17) is 9.15 Å². The zero-order chi connectivity index (χ0) is 19.1. The molecule has 3 rings (SSSR count). The third kappa shape index (κ3) is 5.10. The van der Waals surface area contributed by atoms with E-state index in [-0.39, 0.29) is 0 Å². The maximum absolute atomic E-state index is 5.56. The van der Waals surface area contributed by atoms with E-state index in [2.05, 4.69) is 36.5 Å². The van der Waals surface area contributed by atoms with Gasteiger partial charge in [-0.3, -0.25) is 4.99 Å². The Bertz CT molecular complexity index is 909. The summed E-state index contributed by atoms with van der Waals surface area (Å²) in [5, 5.41) is 6.51. The minimum atomic E-state index is 0.506. The summed E-state index contributed by atoms with van der Waals surface area (Å²) in [5.41, 5.74) is 2.78. The van der Waals surface area contributed by atoms with Crippen LogP contribution in [0.3, 0.4) is 0 Å². The number of nitrogens with one attached hydrogen (secondary N) is 2. The van der Waals surface area contributed by atoms with Gasteiger partial charge in [-0.2, -0.15) is 0 Å². The Morgan fingerprint density at radius 2 is 1.93 bits per heavy atom. The second-order valence-electron chi connectivity index (χ2n) is 5.75. The lowest BCUT2D eigenvalue weighted by Crippen LogP contribution is -2.36. The average Bonchev–Trinajstić information content (AvgIpc) is 3.18. The summed E-state index contributed by atoms with van der Waals surface area (Å²) in [7, 11) is 3.39. The molecule has 0 aliphatic heterocycles. The summed E-state index contributed by atoms with van der Waals surface area (Å²) in [6.45, 7) is 1.09. The van der Waals surface area contributed by atoms with Crippen molar-refractivity contribution in [2.24, 2.45) is 4.99 Å². The molecule has 27 heavy (non-hydrogen) atoms. The molecule has 0 amide bonds. The molecule has 3 aromatic rings. The minimum absolute atomic E-state index is 0.506. The molecule has 140 valence electrons. The molecule has 6 nitrogen and oxygen atoms in total. The zero-order valence-electron chi connectivity index (χ0n) is 15.2. The summed E-state index contributed by atoms with van der Waals surface area (Å²) >= 11 is 3.48. The fourth-order valence-electron chi connectivity index (χ4n) is 2.56. The summed E-state index contributed by atoms with van der Waals surface area (Å²) in [6, 6.07) is 15.7. The van der Waals surface area contributed by atoms with Crippen molar-refractivity contribution < 1.29 is 9.15 Å². The van der Waals surface area contributed by atoms with Crippen LogP contribution in [0, 0.1) is 0 Å². The summed E-state index contributed by atoms with van der Waals surface area (Å²) in [4.78, 5) is 8.75. The molecule has 0 bridgehead atoms. The molecule has 0 aliphatic carbocycles. The van der Waals surface area contributed by atoms with Gasteiger partial charge in [0.1, 0.15) is 12.0 Å². The molecular weight excluding hydrogens is 408 g/mol. The average molecular weight is 429 g/mol. The molecule has 1 aromatic heterocycles. The SMILES string of the molecule is CN=C(NCc1coc(-c2ccccc2)n1)NCc1cc(Br)ccc1OC. The van der Waals surface area contributed by atoms with Crippen molar-refractivity contribution in [3.05, 3.63) is 70.5 Å². The van der Waals surface area contributed by atoms with Crippen LogP contribution < -0.4 is 15.4 Å². The summed E-state index contributed by atoms with van der Waals surface area (Å²) in [6.07, 6.45) is 1.65. The molecule has 2 aromatic carbocycles. The first-order valence-corrected chi connectivity index (χ1v) is 9.25. The highest BCUT2D eigenvalue weighted by Crippen LogP contribution is 2.22. The van der Waals surface area contributed by atoms with Gasteiger partial charge in [0.15, 0.2) is 5.96 Å². The van der Waals surface area contributed by atoms with Gasteiger partial charge in [0.25, 0.3) is 0 Å². The standard InChI is InChI=1S/C20H21BrN4O2/c1-22-20(23-11-15-10-16(21)8-9-18(15)26-2)24-12-17-13-27-19(25-17)14-6-4-3-5-7-14/h3-10,13H,11-12H2,1-2H3,(H2,22,23,24). The van der Waals surface area contributed by atoms with Crippen LogP contribution in [0.1, 0.15) is 11.3 Å². The first-order valence-electron chi connectivity index (χ1n) is 8.46. The Hall–Kier alpha value is -2.80. The van der Waals surface area contributed by atoms with E-state index in [1.54, 1.807) is 20.4 Å². The highest BCUT2D eigenvalue weighted by Gasteiger charge is 2.08. The Morgan fingerprint density at radius 1 is 1.15 bits per heavy atom. The van der Waals surface area contributed by atoms with Crippen molar-refractivity contribution in [2.75, 3.05) is 14.2 Å². The van der Waals surface area contributed by atoms with Crippen molar-refractivity contribution in [1.29, 1.82) is 0 Å². The highest BCUT2D eigenvalue weighted by atomic mass is 79.9. The third-order valence-corrected chi connectivity index (χ3v) is 4.42. The number of oxazole rings is 1. The van der Waals surface area contributed by atoms with Crippen molar-refractivity contribution in [3.63, 3.8) is 0 Å². The molecule has 1 heterocycles. The molecule has 0 fully saturated rings. The normalized spacial score (nSPS) is 11.3. The van der Waals surface area contributed by atoms with Gasteiger partial charge in [0.2, 0.25) is 5.89 Å². The Labute approximate surface area is 166 Å². The van der Waals surface area contributed by atoms with Gasteiger partial charge in [-0.15, -0.1) is 0 Å². The lowest BCUT2D eigenvalue weighted by Gasteiger charge is -2.13. The molecule has 0 radical (unpaired) electrons. The smallest absolute Gasteiger partial charge is 0.226 e. The molecule has 0 spiro atoms. The lowest BCUT2D eigenvalue weighted by atomic mass is 10.2. The Balaban J connectivity index is 1.57. The number of hydrogen-bond acceptors (Lipinski definition) is 4. The van der Waals surface area contributed by atoms with Crippen LogP contribution in [0.4, 0.5) is 0 Å². The Kier molecular flexibility index (Phi) is 6.49. The number of rotatable bonds is 6. The van der Waals surface area contributed by atoms with Gasteiger partial charge in [-0.1, -0.05) is 34.1 Å². The molecule has 0 saturated carbocycles. The zero-order valence-corrected chi connectivity index (χ0v) is 16.8.